The molecule has 0 aromatic carbocycles. The number of hydrogen-bond acceptors (Lipinski definition) is 0. The zero-order valence-electron chi connectivity index (χ0n) is 4.70. The monoisotopic (exact) mass is 94.1 g/mol. The van der Waals surface area contributed by atoms with Crippen LogP contribution in [0, 0.1) is 0 Å². The molecule has 0 heteroatoms. The summed E-state index contributed by atoms with van der Waals surface area (Å²) >= 11 is 0. The van der Waals surface area contributed by atoms with Crippen molar-refractivity contribution in [2.75, 3.05) is 0 Å². The van der Waals surface area contributed by atoms with Gasteiger partial charge in [0, 0.05) is 6.42 Å². The van der Waals surface area contributed by atoms with Crippen molar-refractivity contribution in [3.8, 4) is 0 Å². The van der Waals surface area contributed by atoms with Gasteiger partial charge in [-0.25, -0.2) is 0 Å². The molecule has 1 aliphatic rings. The second-order valence-corrected chi connectivity index (χ2v) is 1.91. The highest BCUT2D eigenvalue weighted by Crippen LogP contribution is 2.14. The van der Waals surface area contributed by atoms with E-state index in [-0.39, 0.29) is 0 Å². The molecule has 0 radical (unpaired) electrons. The van der Waals surface area contributed by atoms with Gasteiger partial charge >= 0.3 is 0 Å². The lowest BCUT2D eigenvalue weighted by molar-refractivity contribution is 0.866. The molecule has 0 bridgehead atoms. The van der Waals surface area contributed by atoms with Gasteiger partial charge in [0.1, 0.15) is 0 Å². The molecule has 0 spiro atoms. The fraction of sp³-hybridized carbons (Fsp3) is 0.571. The van der Waals surface area contributed by atoms with Crippen LogP contribution in [0.15, 0.2) is 17.4 Å². The van der Waals surface area contributed by atoms with Crippen molar-refractivity contribution in [2.24, 2.45) is 0 Å². The molecule has 38 valence electrons. The van der Waals surface area contributed by atoms with Gasteiger partial charge in [0.25, 0.3) is 0 Å². The van der Waals surface area contributed by atoms with Crippen molar-refractivity contribution in [3.63, 3.8) is 0 Å². The van der Waals surface area contributed by atoms with Crippen LogP contribution in [0.2, 0.25) is 0 Å². The third-order valence-electron chi connectivity index (χ3n) is 1.21. The molecule has 0 amide bonds. The molecule has 0 heterocycles. The minimum absolute atomic E-state index is 1.20. The van der Waals surface area contributed by atoms with Crippen LogP contribution >= 0.6 is 0 Å². The first-order valence-electron chi connectivity index (χ1n) is 2.86. The molecule has 0 aromatic heterocycles. The van der Waals surface area contributed by atoms with Crippen LogP contribution in [0.25, 0.3) is 0 Å². The summed E-state index contributed by atoms with van der Waals surface area (Å²) in [6.07, 6.45) is 5.82. The van der Waals surface area contributed by atoms with Crippen LogP contribution < -0.4 is 0 Å². The van der Waals surface area contributed by atoms with Crippen LogP contribution in [0.5, 0.6) is 0 Å². The lowest BCUT2D eigenvalue weighted by Crippen LogP contribution is -1.83. The molecule has 7 heavy (non-hydrogen) atoms. The summed E-state index contributed by atoms with van der Waals surface area (Å²) in [6.45, 7) is 2.20. The summed E-state index contributed by atoms with van der Waals surface area (Å²) < 4.78 is 0. The van der Waals surface area contributed by atoms with Gasteiger partial charge in [-0.2, -0.15) is 0 Å². The lowest BCUT2D eigenvalue weighted by atomic mass is 10.0. The van der Waals surface area contributed by atoms with Gasteiger partial charge in [-0.05, 0) is 18.1 Å². The first kappa shape index (κ1) is 4.67. The van der Waals surface area contributed by atoms with Gasteiger partial charge in [0.2, 0.25) is 0 Å². The van der Waals surface area contributed by atoms with E-state index >= 15 is 0 Å². The number of allylic oxidation sites excluding steroid dienone is 1. The lowest BCUT2D eigenvalue weighted by Gasteiger charge is -2.02. The van der Waals surface area contributed by atoms with E-state index in [0.717, 1.165) is 0 Å². The highest BCUT2D eigenvalue weighted by molar-refractivity contribution is 5.15. The largest absolute Gasteiger partial charge is 0.125 e. The number of hydrogen-bond donors (Lipinski definition) is 0. The van der Waals surface area contributed by atoms with E-state index in [1.165, 1.54) is 24.8 Å². The molecule has 1 aliphatic carbocycles. The fourth-order valence-electron chi connectivity index (χ4n) is 0.722. The van der Waals surface area contributed by atoms with Crippen molar-refractivity contribution < 1.29 is 0 Å². The normalized spacial score (nSPS) is 15.9. The fourth-order valence-corrected chi connectivity index (χ4v) is 0.722. The van der Waals surface area contributed by atoms with Crippen LogP contribution in [-0.2, 0) is 0 Å². The zero-order chi connectivity index (χ0) is 5.11. The quantitative estimate of drug-likeness (QED) is 0.460. The Morgan fingerprint density at radius 2 is 2.57 bits per heavy atom. The summed E-state index contributed by atoms with van der Waals surface area (Å²) in [4.78, 5) is 0. The van der Waals surface area contributed by atoms with E-state index in [4.69, 9.17) is 0 Å². The molecular weight excluding hydrogens is 84.1 g/mol. The Kier molecular flexibility index (Phi) is 1.33. The third kappa shape index (κ3) is 0.942. The van der Waals surface area contributed by atoms with Gasteiger partial charge < -0.3 is 0 Å². The Bertz CT molecular complexity index is 114. The van der Waals surface area contributed by atoms with E-state index in [2.05, 4.69) is 18.7 Å². The van der Waals surface area contributed by atoms with Gasteiger partial charge in [-0.15, -0.1) is 5.73 Å². The molecule has 1 rings (SSSR count). The van der Waals surface area contributed by atoms with Crippen molar-refractivity contribution >= 4 is 0 Å². The molecule has 0 N–H and O–H groups in total. The summed E-state index contributed by atoms with van der Waals surface area (Å²) in [5, 5.41) is 0. The van der Waals surface area contributed by atoms with Crippen molar-refractivity contribution in [2.45, 2.75) is 26.2 Å². The predicted molar refractivity (Wildman–Crippen MR) is 31.1 cm³/mol. The zero-order valence-corrected chi connectivity index (χ0v) is 4.70. The van der Waals surface area contributed by atoms with Gasteiger partial charge in [-0.3, -0.25) is 0 Å². The highest BCUT2D eigenvalue weighted by atomic mass is 14.0. The van der Waals surface area contributed by atoms with Crippen LogP contribution in [0.1, 0.15) is 26.2 Å². The minimum Gasteiger partial charge on any atom is -0.125 e. The van der Waals surface area contributed by atoms with E-state index < -0.39 is 0 Å². The first-order valence-corrected chi connectivity index (χ1v) is 2.86. The summed E-state index contributed by atoms with van der Waals surface area (Å²) in [6, 6.07) is 0. The number of rotatable bonds is 2. The molecule has 0 fully saturated rings. The smallest absolute Gasteiger partial charge is 0.00135 e. The molecule has 0 atom stereocenters. The van der Waals surface area contributed by atoms with Crippen LogP contribution in [-0.4, -0.2) is 0 Å². The second kappa shape index (κ2) is 1.99. The Morgan fingerprint density at radius 1 is 1.86 bits per heavy atom. The molecule has 0 saturated heterocycles. The molecule has 0 unspecified atom stereocenters. The molecule has 0 aromatic rings. The average molecular weight is 94.2 g/mol. The molecule has 0 nitrogen and oxygen atoms in total. The van der Waals surface area contributed by atoms with E-state index in [9.17, 15) is 0 Å². The summed E-state index contributed by atoms with van der Waals surface area (Å²) in [5.41, 5.74) is 4.64. The Balaban J connectivity index is 2.28. The maximum Gasteiger partial charge on any atom is 0.00135 e. The molecule has 0 saturated carbocycles. The van der Waals surface area contributed by atoms with Crippen molar-refractivity contribution in [3.05, 3.63) is 17.4 Å². The topological polar surface area (TPSA) is 0 Å². The Morgan fingerprint density at radius 3 is 2.71 bits per heavy atom. The van der Waals surface area contributed by atoms with E-state index in [1.807, 2.05) is 0 Å². The van der Waals surface area contributed by atoms with Crippen molar-refractivity contribution in [1.82, 2.24) is 0 Å². The summed E-state index contributed by atoms with van der Waals surface area (Å²) in [5.74, 6) is 0. The maximum atomic E-state index is 3.14. The highest BCUT2D eigenvalue weighted by Gasteiger charge is 1.95. The van der Waals surface area contributed by atoms with Crippen molar-refractivity contribution in [1.29, 1.82) is 0 Å². The van der Waals surface area contributed by atoms with E-state index in [0.29, 0.717) is 0 Å². The predicted octanol–water partition coefficient (Wildman–Crippen LogP) is 2.27. The maximum absolute atomic E-state index is 3.14. The second-order valence-electron chi connectivity index (χ2n) is 1.91. The molecule has 0 aliphatic heterocycles. The SMILES string of the molecule is CCCC1=C=CC1. The third-order valence-corrected chi connectivity index (χ3v) is 1.21. The first-order chi connectivity index (χ1) is 3.43. The minimum atomic E-state index is 1.20. The van der Waals surface area contributed by atoms with Gasteiger partial charge in [0.15, 0.2) is 0 Å². The summed E-state index contributed by atoms with van der Waals surface area (Å²) in [7, 11) is 0. The van der Waals surface area contributed by atoms with Gasteiger partial charge in [-0.1, -0.05) is 13.3 Å². The van der Waals surface area contributed by atoms with E-state index in [1.54, 1.807) is 0 Å². The Labute approximate surface area is 44.5 Å². The van der Waals surface area contributed by atoms with Crippen LogP contribution in [0.3, 0.4) is 0 Å². The molecular formula is C7H10. The average Bonchev–Trinajstić information content (AvgIpc) is 1.55. The standard InChI is InChI=1S/C7H10/c1-2-4-7-5-3-6-7/h3H,2,4-5H2,1H3. The van der Waals surface area contributed by atoms with Crippen LogP contribution in [0.4, 0.5) is 0 Å². The van der Waals surface area contributed by atoms with Gasteiger partial charge in [0.05, 0.1) is 0 Å². The Hall–Kier alpha value is -0.480.